The molecule has 0 aliphatic rings. The third-order valence-electron chi connectivity index (χ3n) is 5.00. The van der Waals surface area contributed by atoms with Gasteiger partial charge in [0.05, 0.1) is 12.1 Å². The van der Waals surface area contributed by atoms with Crippen LogP contribution in [0, 0.1) is 0 Å². The van der Waals surface area contributed by atoms with Crippen LogP contribution in [0.25, 0.3) is 10.8 Å². The van der Waals surface area contributed by atoms with Crippen LogP contribution in [-0.2, 0) is 0 Å². The van der Waals surface area contributed by atoms with Gasteiger partial charge in [0.1, 0.15) is 0 Å². The molecule has 0 heterocycles. The van der Waals surface area contributed by atoms with Crippen molar-refractivity contribution in [3.05, 3.63) is 113 Å². The van der Waals surface area contributed by atoms with Gasteiger partial charge in [-0.1, -0.05) is 78.3 Å². The number of benzene rings is 4. The van der Waals surface area contributed by atoms with Crippen LogP contribution in [0.4, 0.5) is 5.69 Å². The molecule has 0 fully saturated rings. The van der Waals surface area contributed by atoms with Gasteiger partial charge in [0.2, 0.25) is 0 Å². The van der Waals surface area contributed by atoms with E-state index in [4.69, 9.17) is 11.6 Å². The molecule has 0 spiro atoms. The molecule has 0 amide bonds. The van der Waals surface area contributed by atoms with E-state index in [2.05, 4.69) is 29.6 Å². The third kappa shape index (κ3) is 4.36. The molecule has 2 unspecified atom stereocenters. The maximum Gasteiger partial charge on any atom is 0.0813 e. The van der Waals surface area contributed by atoms with Crippen LogP contribution < -0.4 is 5.32 Å². The van der Waals surface area contributed by atoms with Gasteiger partial charge in [0, 0.05) is 17.1 Å². The van der Waals surface area contributed by atoms with Crippen molar-refractivity contribution in [1.82, 2.24) is 0 Å². The fourth-order valence-corrected chi connectivity index (χ4v) is 3.61. The van der Waals surface area contributed by atoms with Gasteiger partial charge < -0.3 is 10.4 Å². The fourth-order valence-electron chi connectivity index (χ4n) is 3.48. The Balaban J connectivity index is 1.60. The summed E-state index contributed by atoms with van der Waals surface area (Å²) in [6.07, 6.45) is -0.0315. The first-order valence-corrected chi connectivity index (χ1v) is 9.81. The van der Waals surface area contributed by atoms with Gasteiger partial charge in [-0.05, 0) is 52.2 Å². The smallest absolute Gasteiger partial charge is 0.0813 e. The molecule has 4 aromatic carbocycles. The maximum atomic E-state index is 11.0. The average molecular weight is 388 g/mol. The standard InChI is InChI=1S/C25H22ClNO/c26-22-14-12-19(13-15-22)24(27-23-8-2-1-3-9-23)17-25(28)21-11-10-18-6-4-5-7-20(18)16-21/h1-16,24-25,27-28H,17H2. The van der Waals surface area contributed by atoms with Crippen molar-refractivity contribution in [1.29, 1.82) is 0 Å². The van der Waals surface area contributed by atoms with Gasteiger partial charge in [-0.3, -0.25) is 0 Å². The lowest BCUT2D eigenvalue weighted by Gasteiger charge is -2.24. The number of rotatable bonds is 6. The molecule has 2 atom stereocenters. The zero-order valence-corrected chi connectivity index (χ0v) is 16.2. The molecule has 3 heteroatoms. The van der Waals surface area contributed by atoms with Crippen LogP contribution in [0.15, 0.2) is 97.1 Å². The Kier molecular flexibility index (Phi) is 5.61. The Morgan fingerprint density at radius 3 is 2.11 bits per heavy atom. The Morgan fingerprint density at radius 1 is 0.714 bits per heavy atom. The van der Waals surface area contributed by atoms with Crippen molar-refractivity contribution in [2.45, 2.75) is 18.6 Å². The summed E-state index contributed by atoms with van der Waals surface area (Å²) in [7, 11) is 0. The lowest BCUT2D eigenvalue weighted by molar-refractivity contribution is 0.161. The molecule has 0 aromatic heterocycles. The lowest BCUT2D eigenvalue weighted by Crippen LogP contribution is -2.15. The second-order valence-corrected chi connectivity index (χ2v) is 7.41. The number of para-hydroxylation sites is 1. The minimum absolute atomic E-state index is 0.0406. The molecule has 0 saturated heterocycles. The number of anilines is 1. The fraction of sp³-hybridized carbons (Fsp3) is 0.120. The molecular formula is C25H22ClNO. The summed E-state index contributed by atoms with van der Waals surface area (Å²) in [6, 6.07) is 32.2. The highest BCUT2D eigenvalue weighted by atomic mass is 35.5. The summed E-state index contributed by atoms with van der Waals surface area (Å²) in [5.41, 5.74) is 3.04. The first-order valence-electron chi connectivity index (χ1n) is 9.43. The van der Waals surface area contributed by atoms with Crippen molar-refractivity contribution in [3.8, 4) is 0 Å². The van der Waals surface area contributed by atoms with E-state index in [1.165, 1.54) is 5.39 Å². The molecule has 140 valence electrons. The molecule has 0 aliphatic heterocycles. The Hall–Kier alpha value is -2.81. The third-order valence-corrected chi connectivity index (χ3v) is 5.26. The van der Waals surface area contributed by atoms with E-state index in [1.807, 2.05) is 72.8 Å². The first kappa shape index (κ1) is 18.5. The van der Waals surface area contributed by atoms with Crippen LogP contribution in [0.3, 0.4) is 0 Å². The number of hydrogen-bond donors (Lipinski definition) is 2. The first-order chi connectivity index (χ1) is 13.7. The molecule has 2 nitrogen and oxygen atoms in total. The van der Waals surface area contributed by atoms with E-state index in [-0.39, 0.29) is 6.04 Å². The zero-order valence-electron chi connectivity index (χ0n) is 15.4. The molecule has 0 bridgehead atoms. The van der Waals surface area contributed by atoms with Gasteiger partial charge in [-0.25, -0.2) is 0 Å². The Morgan fingerprint density at radius 2 is 1.36 bits per heavy atom. The lowest BCUT2D eigenvalue weighted by atomic mass is 9.95. The van der Waals surface area contributed by atoms with Crippen molar-refractivity contribution >= 4 is 28.1 Å². The second-order valence-electron chi connectivity index (χ2n) is 6.97. The van der Waals surface area contributed by atoms with Gasteiger partial charge >= 0.3 is 0 Å². The van der Waals surface area contributed by atoms with Crippen LogP contribution in [-0.4, -0.2) is 5.11 Å². The van der Waals surface area contributed by atoms with Crippen molar-refractivity contribution in [2.75, 3.05) is 5.32 Å². The van der Waals surface area contributed by atoms with E-state index < -0.39 is 6.10 Å². The quantitative estimate of drug-likeness (QED) is 0.382. The highest BCUT2D eigenvalue weighted by Gasteiger charge is 2.18. The zero-order chi connectivity index (χ0) is 19.3. The van der Waals surface area contributed by atoms with Gasteiger partial charge in [-0.15, -0.1) is 0 Å². The highest BCUT2D eigenvalue weighted by molar-refractivity contribution is 6.30. The molecular weight excluding hydrogens is 366 g/mol. The minimum atomic E-state index is -0.582. The monoisotopic (exact) mass is 387 g/mol. The van der Waals surface area contributed by atoms with Crippen LogP contribution >= 0.6 is 11.6 Å². The Bertz CT molecular complexity index is 1050. The largest absolute Gasteiger partial charge is 0.388 e. The summed E-state index contributed by atoms with van der Waals surface area (Å²) < 4.78 is 0. The van der Waals surface area contributed by atoms with E-state index in [1.54, 1.807) is 0 Å². The van der Waals surface area contributed by atoms with E-state index in [0.717, 1.165) is 22.2 Å². The molecule has 2 N–H and O–H groups in total. The predicted octanol–water partition coefficient (Wildman–Crippen LogP) is 6.77. The molecule has 0 saturated carbocycles. The second kappa shape index (κ2) is 8.47. The predicted molar refractivity (Wildman–Crippen MR) is 118 cm³/mol. The SMILES string of the molecule is OC(CC(Nc1ccccc1)c1ccc(Cl)cc1)c1ccc2ccccc2c1. The van der Waals surface area contributed by atoms with Gasteiger partial charge in [0.25, 0.3) is 0 Å². The molecule has 4 aromatic rings. The summed E-state index contributed by atoms with van der Waals surface area (Å²) in [4.78, 5) is 0. The van der Waals surface area contributed by atoms with Crippen molar-refractivity contribution in [3.63, 3.8) is 0 Å². The number of nitrogens with one attached hydrogen (secondary N) is 1. The topological polar surface area (TPSA) is 32.3 Å². The van der Waals surface area contributed by atoms with Crippen LogP contribution in [0.2, 0.25) is 5.02 Å². The van der Waals surface area contributed by atoms with Gasteiger partial charge in [0.15, 0.2) is 0 Å². The summed E-state index contributed by atoms with van der Waals surface area (Å²) in [5.74, 6) is 0. The minimum Gasteiger partial charge on any atom is -0.388 e. The van der Waals surface area contributed by atoms with Crippen molar-refractivity contribution in [2.24, 2.45) is 0 Å². The molecule has 0 radical (unpaired) electrons. The van der Waals surface area contributed by atoms with Crippen LogP contribution in [0.5, 0.6) is 0 Å². The molecule has 0 aliphatic carbocycles. The maximum absolute atomic E-state index is 11.0. The number of aliphatic hydroxyl groups is 1. The summed E-state index contributed by atoms with van der Waals surface area (Å²) in [6.45, 7) is 0. The average Bonchev–Trinajstić information content (AvgIpc) is 2.74. The normalized spacial score (nSPS) is 13.2. The number of halogens is 1. The van der Waals surface area contributed by atoms with Crippen LogP contribution in [0.1, 0.15) is 29.7 Å². The van der Waals surface area contributed by atoms with Gasteiger partial charge in [-0.2, -0.15) is 0 Å². The summed E-state index contributed by atoms with van der Waals surface area (Å²) in [5, 5.41) is 17.5. The number of fused-ring (bicyclic) bond motifs is 1. The van der Waals surface area contributed by atoms with Crippen molar-refractivity contribution < 1.29 is 5.11 Å². The van der Waals surface area contributed by atoms with E-state index in [9.17, 15) is 5.11 Å². The number of aliphatic hydroxyl groups excluding tert-OH is 1. The summed E-state index contributed by atoms with van der Waals surface area (Å²) >= 11 is 6.06. The Labute approximate surface area is 170 Å². The van der Waals surface area contributed by atoms with E-state index >= 15 is 0 Å². The molecule has 28 heavy (non-hydrogen) atoms. The number of hydrogen-bond acceptors (Lipinski definition) is 2. The van der Waals surface area contributed by atoms with E-state index in [0.29, 0.717) is 11.4 Å². The highest BCUT2D eigenvalue weighted by Crippen LogP contribution is 2.31. The molecule has 4 rings (SSSR count).